The maximum Gasteiger partial charge on any atom is 0.333 e. The number of hydrogen-bond acceptors (Lipinski definition) is 7. The van der Waals surface area contributed by atoms with Gasteiger partial charge in [0.2, 0.25) is 0 Å². The van der Waals surface area contributed by atoms with E-state index in [2.05, 4.69) is 32.5 Å². The number of tetrazole rings is 1. The van der Waals surface area contributed by atoms with Gasteiger partial charge in [-0.1, -0.05) is 49.7 Å². The Balaban J connectivity index is 1.52. The molecule has 0 fully saturated rings. The van der Waals surface area contributed by atoms with Crippen molar-refractivity contribution >= 4 is 5.78 Å². The summed E-state index contributed by atoms with van der Waals surface area (Å²) in [5, 5.41) is 14.1. The summed E-state index contributed by atoms with van der Waals surface area (Å²) >= 11 is 0. The number of rotatable bonds is 9. The van der Waals surface area contributed by atoms with Crippen LogP contribution in [0.25, 0.3) is 28.3 Å². The fraction of sp³-hybridized carbons (Fsp3) is 0.214. The Bertz CT molecular complexity index is 1630. The Labute approximate surface area is 218 Å². The number of benzene rings is 2. The van der Waals surface area contributed by atoms with Crippen molar-refractivity contribution in [3.05, 3.63) is 94.3 Å². The topological polar surface area (TPSA) is 121 Å². The first kappa shape index (κ1) is 24.8. The van der Waals surface area contributed by atoms with Crippen molar-refractivity contribution in [2.45, 2.75) is 33.2 Å². The minimum Gasteiger partial charge on any atom is -0.495 e. The molecule has 0 radical (unpaired) electrons. The van der Waals surface area contributed by atoms with Gasteiger partial charge in [0.25, 0.3) is 0 Å². The highest BCUT2D eigenvalue weighted by molar-refractivity contribution is 5.98. The lowest BCUT2D eigenvalue weighted by molar-refractivity contribution is 0.101. The molecule has 192 valence electrons. The maximum atomic E-state index is 13.7. The van der Waals surface area contributed by atoms with Crippen molar-refractivity contribution in [2.75, 3.05) is 7.11 Å². The van der Waals surface area contributed by atoms with E-state index in [4.69, 9.17) is 4.74 Å². The molecule has 3 aromatic heterocycles. The van der Waals surface area contributed by atoms with Crippen LogP contribution in [0.5, 0.6) is 5.75 Å². The molecule has 0 atom stereocenters. The lowest BCUT2D eigenvalue weighted by atomic mass is 10.0. The van der Waals surface area contributed by atoms with Gasteiger partial charge in [-0.3, -0.25) is 18.9 Å². The number of nitrogens with zero attached hydrogens (tertiary/aromatic N) is 6. The minimum atomic E-state index is -0.225. The zero-order valence-electron chi connectivity index (χ0n) is 21.4. The van der Waals surface area contributed by atoms with E-state index >= 15 is 0 Å². The van der Waals surface area contributed by atoms with Crippen molar-refractivity contribution in [2.24, 2.45) is 0 Å². The van der Waals surface area contributed by atoms with Crippen LogP contribution in [-0.4, -0.2) is 47.6 Å². The molecule has 3 heterocycles. The summed E-state index contributed by atoms with van der Waals surface area (Å²) in [6, 6.07) is 17.0. The van der Waals surface area contributed by atoms with Gasteiger partial charge in [0.15, 0.2) is 11.6 Å². The third-order valence-corrected chi connectivity index (χ3v) is 6.39. The fourth-order valence-corrected chi connectivity index (χ4v) is 4.59. The molecule has 0 unspecified atom stereocenters. The van der Waals surface area contributed by atoms with Crippen LogP contribution in [-0.2, 0) is 13.0 Å². The summed E-state index contributed by atoms with van der Waals surface area (Å²) in [4.78, 5) is 30.5. The second kappa shape index (κ2) is 10.6. The Morgan fingerprint density at radius 2 is 1.89 bits per heavy atom. The quantitative estimate of drug-likeness (QED) is 0.297. The number of aryl methyl sites for hydroxylation is 1. The van der Waals surface area contributed by atoms with Crippen molar-refractivity contribution < 1.29 is 9.53 Å². The molecule has 0 bridgehead atoms. The molecule has 0 aliphatic rings. The first-order chi connectivity index (χ1) is 18.5. The van der Waals surface area contributed by atoms with E-state index in [0.29, 0.717) is 35.1 Å². The lowest BCUT2D eigenvalue weighted by Gasteiger charge is -2.12. The monoisotopic (exact) mass is 509 g/mol. The summed E-state index contributed by atoms with van der Waals surface area (Å²) in [5.41, 5.74) is 5.01. The molecule has 1 N–H and O–H groups in total. The SMILES string of the molecule is CCCc1cn(-c2c(OC)cccc2C(C)=O)c(=O)n1Cc1ccc(-c2cccnc2-c2nnn[nH]2)cc1. The number of imidazole rings is 1. The number of carbonyl (C=O) groups is 1. The molecule has 5 rings (SSSR count). The average molecular weight is 510 g/mol. The number of para-hydroxylation sites is 1. The van der Waals surface area contributed by atoms with Crippen LogP contribution in [0, 0.1) is 0 Å². The number of methoxy groups -OCH3 is 1. The predicted octanol–water partition coefficient (Wildman–Crippen LogP) is 4.09. The van der Waals surface area contributed by atoms with Crippen LogP contribution in [0.1, 0.15) is 41.9 Å². The van der Waals surface area contributed by atoms with Crippen LogP contribution in [0.15, 0.2) is 71.8 Å². The molecule has 0 saturated carbocycles. The van der Waals surface area contributed by atoms with Crippen LogP contribution in [0.2, 0.25) is 0 Å². The highest BCUT2D eigenvalue weighted by Crippen LogP contribution is 2.29. The van der Waals surface area contributed by atoms with Gasteiger partial charge in [-0.2, -0.15) is 0 Å². The van der Waals surface area contributed by atoms with Gasteiger partial charge in [-0.15, -0.1) is 5.10 Å². The van der Waals surface area contributed by atoms with E-state index in [1.807, 2.05) is 42.6 Å². The number of H-pyrrole nitrogens is 1. The first-order valence-electron chi connectivity index (χ1n) is 12.3. The second-order valence-corrected chi connectivity index (χ2v) is 8.87. The molecule has 0 amide bonds. The number of aromatic nitrogens is 7. The molecular formula is C28H27N7O3. The largest absolute Gasteiger partial charge is 0.495 e. The third kappa shape index (κ3) is 4.63. The summed E-state index contributed by atoms with van der Waals surface area (Å²) in [7, 11) is 1.53. The van der Waals surface area contributed by atoms with E-state index in [9.17, 15) is 9.59 Å². The smallest absolute Gasteiger partial charge is 0.333 e. The van der Waals surface area contributed by atoms with E-state index in [-0.39, 0.29) is 11.5 Å². The van der Waals surface area contributed by atoms with Gasteiger partial charge in [0.1, 0.15) is 17.1 Å². The number of hydrogen-bond donors (Lipinski definition) is 1. The molecule has 38 heavy (non-hydrogen) atoms. The molecule has 0 spiro atoms. The van der Waals surface area contributed by atoms with Gasteiger partial charge in [-0.25, -0.2) is 9.89 Å². The van der Waals surface area contributed by atoms with Gasteiger partial charge in [-0.05, 0) is 53.1 Å². The standard InChI is InChI=1S/C28H27N7O3/c1-4-7-21-17-35(26-22(18(2)36)8-5-10-24(26)38-3)28(37)34(21)16-19-11-13-20(14-12-19)23-9-6-15-29-25(23)27-30-32-33-31-27/h5-6,8-15,17H,4,7,16H2,1-3H3,(H,30,31,32,33). The fourth-order valence-electron chi connectivity index (χ4n) is 4.59. The van der Waals surface area contributed by atoms with Crippen LogP contribution >= 0.6 is 0 Å². The van der Waals surface area contributed by atoms with Crippen molar-refractivity contribution in [3.63, 3.8) is 0 Å². The van der Waals surface area contributed by atoms with Crippen LogP contribution in [0.4, 0.5) is 0 Å². The number of Topliss-reactive ketones (excluding diaryl/α,β-unsaturated/α-hetero) is 1. The Kier molecular flexibility index (Phi) is 6.94. The van der Waals surface area contributed by atoms with Crippen molar-refractivity contribution in [1.29, 1.82) is 0 Å². The zero-order valence-corrected chi connectivity index (χ0v) is 21.4. The van der Waals surface area contributed by atoms with Crippen LogP contribution < -0.4 is 10.4 Å². The van der Waals surface area contributed by atoms with E-state index < -0.39 is 0 Å². The molecule has 10 nitrogen and oxygen atoms in total. The summed E-state index contributed by atoms with van der Waals surface area (Å²) in [6.07, 6.45) is 5.10. The number of nitrogens with one attached hydrogen (secondary N) is 1. The summed E-state index contributed by atoms with van der Waals surface area (Å²) in [6.45, 7) is 3.94. The second-order valence-electron chi connectivity index (χ2n) is 8.87. The number of aromatic amines is 1. The molecule has 5 aromatic rings. The minimum absolute atomic E-state index is 0.137. The number of carbonyl (C=O) groups excluding carboxylic acids is 1. The number of ether oxygens (including phenoxy) is 1. The number of pyridine rings is 1. The number of ketones is 1. The molecule has 10 heteroatoms. The summed E-state index contributed by atoms with van der Waals surface area (Å²) in [5.74, 6) is 0.823. The highest BCUT2D eigenvalue weighted by atomic mass is 16.5. The highest BCUT2D eigenvalue weighted by Gasteiger charge is 2.20. The van der Waals surface area contributed by atoms with Gasteiger partial charge >= 0.3 is 5.69 Å². The average Bonchev–Trinajstić information content (AvgIpc) is 3.58. The van der Waals surface area contributed by atoms with Crippen LogP contribution in [0.3, 0.4) is 0 Å². The molecule has 2 aromatic carbocycles. The summed E-state index contributed by atoms with van der Waals surface area (Å²) < 4.78 is 8.81. The van der Waals surface area contributed by atoms with Gasteiger partial charge in [0, 0.05) is 29.2 Å². The molecule has 0 aliphatic heterocycles. The van der Waals surface area contributed by atoms with E-state index in [0.717, 1.165) is 35.2 Å². The zero-order chi connectivity index (χ0) is 26.6. The van der Waals surface area contributed by atoms with E-state index in [1.165, 1.54) is 18.6 Å². The molecule has 0 saturated heterocycles. The van der Waals surface area contributed by atoms with E-state index in [1.54, 1.807) is 29.0 Å². The van der Waals surface area contributed by atoms with Gasteiger partial charge in [0.05, 0.1) is 13.7 Å². The Morgan fingerprint density at radius 1 is 1.08 bits per heavy atom. The Hall–Kier alpha value is -4.86. The van der Waals surface area contributed by atoms with Crippen molar-refractivity contribution in [1.82, 2.24) is 34.7 Å². The molecule has 0 aliphatic carbocycles. The Morgan fingerprint density at radius 3 is 2.58 bits per heavy atom. The normalized spacial score (nSPS) is 11.0. The predicted molar refractivity (Wildman–Crippen MR) is 143 cm³/mol. The maximum absolute atomic E-state index is 13.7. The van der Waals surface area contributed by atoms with Crippen molar-refractivity contribution in [3.8, 4) is 34.1 Å². The lowest BCUT2D eigenvalue weighted by Crippen LogP contribution is -2.26. The van der Waals surface area contributed by atoms with Gasteiger partial charge < -0.3 is 4.74 Å². The first-order valence-corrected chi connectivity index (χ1v) is 12.3. The molecular weight excluding hydrogens is 482 g/mol. The third-order valence-electron chi connectivity index (χ3n) is 6.39.